The second-order valence-corrected chi connectivity index (χ2v) is 17.1. The Balaban J connectivity index is 0.764. The van der Waals surface area contributed by atoms with Crippen LogP contribution in [0.5, 0.6) is 17.2 Å². The smallest absolute Gasteiger partial charge is 0.266 e. The Morgan fingerprint density at radius 1 is 0.824 bits per heavy atom. The highest BCUT2D eigenvalue weighted by Crippen LogP contribution is 2.48. The fourth-order valence-electron chi connectivity index (χ4n) is 8.70. The number of imide groups is 1. The Kier molecular flexibility index (Phi) is 12.7. The summed E-state index contributed by atoms with van der Waals surface area (Å²) in [5, 5.41) is 12.0. The van der Waals surface area contributed by atoms with Crippen LogP contribution in [-0.4, -0.2) is 94.2 Å². The van der Waals surface area contributed by atoms with Crippen molar-refractivity contribution in [1.82, 2.24) is 30.2 Å². The molecule has 1 aliphatic carbocycles. The maximum absolute atomic E-state index is 13.3. The Labute approximate surface area is 390 Å². The monoisotopic (exact) mass is 920 g/mol. The van der Waals surface area contributed by atoms with E-state index in [2.05, 4.69) is 41.1 Å². The van der Waals surface area contributed by atoms with E-state index in [1.165, 1.54) is 50.5 Å². The molecular weight excluding hydrogens is 872 g/mol. The van der Waals surface area contributed by atoms with Gasteiger partial charge in [0.1, 0.15) is 40.3 Å². The Morgan fingerprint density at radius 3 is 2.13 bits per heavy atom. The predicted octanol–water partition coefficient (Wildman–Crippen LogP) is 6.56. The zero-order chi connectivity index (χ0) is 47.5. The molecule has 0 radical (unpaired) electrons. The average Bonchev–Trinajstić information content (AvgIpc) is 4.14. The number of fused-ring (bicyclic) bond motifs is 2. The van der Waals surface area contributed by atoms with Crippen LogP contribution in [0.2, 0.25) is 0 Å². The third-order valence-corrected chi connectivity index (χ3v) is 12.8. The molecule has 5 heterocycles. The maximum atomic E-state index is 13.3. The van der Waals surface area contributed by atoms with Gasteiger partial charge in [0.2, 0.25) is 17.7 Å². The first-order chi connectivity index (χ1) is 32.9. The van der Waals surface area contributed by atoms with Crippen LogP contribution < -0.4 is 35.6 Å². The number of carbonyl (C=O) groups is 5. The van der Waals surface area contributed by atoms with Crippen molar-refractivity contribution in [3.63, 3.8) is 0 Å². The van der Waals surface area contributed by atoms with Crippen molar-refractivity contribution in [3.8, 4) is 17.2 Å². The molecule has 6 aromatic rings. The van der Waals surface area contributed by atoms with E-state index >= 15 is 0 Å². The molecule has 4 N–H and O–H groups in total. The molecular formula is C50H49FN10O7. The summed E-state index contributed by atoms with van der Waals surface area (Å²) < 4.78 is 25.6. The third-order valence-electron chi connectivity index (χ3n) is 12.8. The number of benzene rings is 3. The number of likely N-dealkylation sites (N-methyl/N-ethyl adjacent to an activating group) is 1. The molecule has 68 heavy (non-hydrogen) atoms. The molecule has 1 saturated heterocycles. The fourth-order valence-corrected chi connectivity index (χ4v) is 8.70. The minimum absolute atomic E-state index is 0.154. The molecule has 348 valence electrons. The maximum Gasteiger partial charge on any atom is 0.266 e. The number of aromatic nitrogens is 4. The first-order valence-electron chi connectivity index (χ1n) is 22.4. The summed E-state index contributed by atoms with van der Waals surface area (Å²) in [5.74, 6) is -0.259. The van der Waals surface area contributed by atoms with Gasteiger partial charge in [-0.15, -0.1) is 0 Å². The number of rotatable bonds is 16. The van der Waals surface area contributed by atoms with Gasteiger partial charge in [0, 0.05) is 74.7 Å². The van der Waals surface area contributed by atoms with E-state index in [1.54, 1.807) is 49.8 Å². The second-order valence-electron chi connectivity index (χ2n) is 17.1. The van der Waals surface area contributed by atoms with Crippen LogP contribution in [0.4, 0.5) is 27.3 Å². The molecule has 1 saturated carbocycles. The molecule has 0 spiro atoms. The van der Waals surface area contributed by atoms with Gasteiger partial charge < -0.3 is 35.6 Å². The normalized spacial score (nSPS) is 15.6. The standard InChI is InChI=1S/C50H49FN10O7/c1-29(45(62)52-2)61-46(63)37-13-20-55-44(43(37)47(61)64)54-19-12-34-27-57-35(28-56-34)24-30-15-22-60(23-16-30)40-26-39-38(25-42(40)67-3)41(14-21-53-39)68-36-10-8-33(9-11-36)59-49(66)50(17-18-50)48(65)58-32-6-4-31(51)5-7-32/h4-11,13-14,20-21,25-30H,12,15-19,22-24H2,1-3H3,(H,52,62)(H,54,55)(H,58,65)(H,59,66). The summed E-state index contributed by atoms with van der Waals surface area (Å²) in [6.07, 6.45) is 10.8. The number of ether oxygens (including phenoxy) is 2. The van der Waals surface area contributed by atoms with Crippen molar-refractivity contribution in [3.05, 3.63) is 126 Å². The van der Waals surface area contributed by atoms with Crippen molar-refractivity contribution >= 4 is 63.3 Å². The Morgan fingerprint density at radius 2 is 1.49 bits per heavy atom. The Bertz CT molecular complexity index is 2910. The highest BCUT2D eigenvalue weighted by atomic mass is 19.1. The van der Waals surface area contributed by atoms with Crippen LogP contribution in [0.3, 0.4) is 0 Å². The predicted molar refractivity (Wildman–Crippen MR) is 251 cm³/mol. The summed E-state index contributed by atoms with van der Waals surface area (Å²) in [6.45, 7) is 3.54. The van der Waals surface area contributed by atoms with Gasteiger partial charge in [-0.2, -0.15) is 0 Å². The highest BCUT2D eigenvalue weighted by molar-refractivity contribution is 6.24. The zero-order valence-electron chi connectivity index (χ0n) is 37.7. The van der Waals surface area contributed by atoms with Gasteiger partial charge in [-0.3, -0.25) is 43.8 Å². The Hall–Kier alpha value is -8.02. The molecule has 1 atom stereocenters. The quantitative estimate of drug-likeness (QED) is 0.0600. The topological polar surface area (TPSA) is 210 Å². The second kappa shape index (κ2) is 19.1. The van der Waals surface area contributed by atoms with Gasteiger partial charge in [-0.05, 0) is 118 Å². The number of methoxy groups -OCH3 is 1. The molecule has 3 aromatic carbocycles. The van der Waals surface area contributed by atoms with Crippen LogP contribution in [0.15, 0.2) is 97.6 Å². The number of hydrogen-bond acceptors (Lipinski definition) is 13. The van der Waals surface area contributed by atoms with Crippen LogP contribution >= 0.6 is 0 Å². The highest BCUT2D eigenvalue weighted by Gasteiger charge is 2.56. The van der Waals surface area contributed by atoms with E-state index in [0.29, 0.717) is 60.3 Å². The first kappa shape index (κ1) is 45.1. The summed E-state index contributed by atoms with van der Waals surface area (Å²) in [4.78, 5) is 86.3. The van der Waals surface area contributed by atoms with E-state index < -0.39 is 46.8 Å². The summed E-state index contributed by atoms with van der Waals surface area (Å²) >= 11 is 0. The molecule has 3 aromatic heterocycles. The summed E-state index contributed by atoms with van der Waals surface area (Å²) in [5.41, 5.74) is 3.48. The molecule has 5 amide bonds. The van der Waals surface area contributed by atoms with Crippen molar-refractivity contribution in [2.75, 3.05) is 54.6 Å². The van der Waals surface area contributed by atoms with Gasteiger partial charge in [-0.25, -0.2) is 9.37 Å². The number of pyridine rings is 2. The molecule has 3 aliphatic rings. The number of carbonyl (C=O) groups excluding carboxylic acids is 5. The molecule has 2 aliphatic heterocycles. The number of anilines is 4. The molecule has 0 bridgehead atoms. The zero-order valence-corrected chi connectivity index (χ0v) is 37.7. The van der Waals surface area contributed by atoms with Crippen LogP contribution in [0.25, 0.3) is 10.9 Å². The van der Waals surface area contributed by atoms with E-state index in [0.717, 1.165) is 65.2 Å². The lowest BCUT2D eigenvalue weighted by Crippen LogP contribution is -2.46. The molecule has 9 rings (SSSR count). The van der Waals surface area contributed by atoms with E-state index in [9.17, 15) is 28.4 Å². The van der Waals surface area contributed by atoms with E-state index in [4.69, 9.17) is 14.5 Å². The van der Waals surface area contributed by atoms with Gasteiger partial charge in [0.05, 0.1) is 40.8 Å². The van der Waals surface area contributed by atoms with Crippen molar-refractivity contribution < 1.29 is 37.8 Å². The van der Waals surface area contributed by atoms with Gasteiger partial charge in [-0.1, -0.05) is 0 Å². The fraction of sp³-hybridized carbons (Fsp3) is 0.300. The van der Waals surface area contributed by atoms with Crippen molar-refractivity contribution in [2.45, 2.75) is 51.5 Å². The van der Waals surface area contributed by atoms with Crippen molar-refractivity contribution in [2.24, 2.45) is 11.3 Å². The first-order valence-corrected chi connectivity index (χ1v) is 22.4. The third kappa shape index (κ3) is 9.21. The minimum atomic E-state index is -1.18. The largest absolute Gasteiger partial charge is 0.495 e. The van der Waals surface area contributed by atoms with Gasteiger partial charge >= 0.3 is 0 Å². The van der Waals surface area contributed by atoms with E-state index in [-0.39, 0.29) is 16.9 Å². The van der Waals surface area contributed by atoms with Crippen LogP contribution in [0, 0.1) is 17.2 Å². The number of nitrogens with zero attached hydrogens (tertiary/aromatic N) is 6. The number of halogens is 1. The van der Waals surface area contributed by atoms with Crippen molar-refractivity contribution in [1.29, 1.82) is 0 Å². The van der Waals surface area contributed by atoms with Gasteiger partial charge in [0.25, 0.3) is 11.8 Å². The van der Waals surface area contributed by atoms with Crippen LogP contribution in [0.1, 0.15) is 64.7 Å². The summed E-state index contributed by atoms with van der Waals surface area (Å²) in [6, 6.07) is 18.6. The number of amides is 5. The average molecular weight is 921 g/mol. The number of piperidine rings is 1. The molecule has 1 unspecified atom stereocenters. The molecule has 2 fully saturated rings. The molecule has 18 heteroatoms. The number of nitrogens with one attached hydrogen (secondary N) is 4. The lowest BCUT2D eigenvalue weighted by Gasteiger charge is -2.34. The lowest BCUT2D eigenvalue weighted by atomic mass is 9.92. The molecule has 17 nitrogen and oxygen atoms in total. The van der Waals surface area contributed by atoms with Gasteiger partial charge in [0.15, 0.2) is 0 Å². The van der Waals surface area contributed by atoms with Crippen LogP contribution in [-0.2, 0) is 27.2 Å². The summed E-state index contributed by atoms with van der Waals surface area (Å²) in [7, 11) is 3.10. The van der Waals surface area contributed by atoms with E-state index in [1.807, 2.05) is 18.3 Å². The number of hydrogen-bond donors (Lipinski definition) is 4. The lowest BCUT2D eigenvalue weighted by molar-refractivity contribution is -0.131. The minimum Gasteiger partial charge on any atom is -0.495 e. The SMILES string of the molecule is CNC(=O)C(C)N1C(=O)c2ccnc(NCCc3cnc(CC4CCN(c5cc6nccc(Oc7ccc(NC(=O)C8(C(=O)Nc9ccc(F)cc9)CC8)cc7)c6cc5OC)CC4)cn3)c2C1=O.